The van der Waals surface area contributed by atoms with Crippen LogP contribution in [0, 0.1) is 0 Å². The molecule has 0 heterocycles. The largest absolute Gasteiger partial charge is 0.466 e. The van der Waals surface area contributed by atoms with Crippen LogP contribution in [0.4, 0.5) is 0 Å². The number of unbranched alkanes of at least 4 members (excludes halogenated alkanes) is 49. The highest BCUT2D eigenvalue weighted by Crippen LogP contribution is 2.18. The highest BCUT2D eigenvalue weighted by atomic mass is 16.5. The van der Waals surface area contributed by atoms with Gasteiger partial charge in [0.2, 0.25) is 5.91 Å². The van der Waals surface area contributed by atoms with E-state index in [2.05, 4.69) is 31.3 Å². The topological polar surface area (TPSA) is 95.9 Å². The summed E-state index contributed by atoms with van der Waals surface area (Å²) in [4.78, 5) is 24.6. The number of hydrogen-bond donors (Lipinski definition) is 3. The minimum absolute atomic E-state index is 0.0132. The van der Waals surface area contributed by atoms with Crippen LogP contribution < -0.4 is 5.32 Å². The Morgan fingerprint density at radius 1 is 0.375 bits per heavy atom. The molecule has 6 heteroatoms. The highest BCUT2D eigenvalue weighted by molar-refractivity contribution is 5.76. The molecule has 2 unspecified atom stereocenters. The Kier molecular flexibility index (Phi) is 60.9. The molecule has 72 heavy (non-hydrogen) atoms. The maximum Gasteiger partial charge on any atom is 0.305 e. The second-order valence-corrected chi connectivity index (χ2v) is 22.8. The molecule has 0 aliphatic rings. The zero-order chi connectivity index (χ0) is 52.2. The first-order valence-corrected chi connectivity index (χ1v) is 32.9. The zero-order valence-corrected chi connectivity index (χ0v) is 48.9. The first-order chi connectivity index (χ1) is 35.5. The molecule has 6 nitrogen and oxygen atoms in total. The van der Waals surface area contributed by atoms with Gasteiger partial charge in [-0.05, 0) is 51.4 Å². The number of nitrogens with one attached hydrogen (secondary N) is 1. The fourth-order valence-electron chi connectivity index (χ4n) is 10.5. The van der Waals surface area contributed by atoms with Crippen molar-refractivity contribution in [2.24, 2.45) is 0 Å². The molecule has 0 aliphatic heterocycles. The molecule has 1 amide bonds. The summed E-state index contributed by atoms with van der Waals surface area (Å²) in [6, 6.07) is -0.546. The summed E-state index contributed by atoms with van der Waals surface area (Å²) in [6.45, 7) is 4.98. The monoisotopic (exact) mass is 1020 g/mol. The van der Waals surface area contributed by atoms with Gasteiger partial charge in [0.15, 0.2) is 0 Å². The highest BCUT2D eigenvalue weighted by Gasteiger charge is 2.20. The van der Waals surface area contributed by atoms with Crippen molar-refractivity contribution in [3.05, 3.63) is 12.2 Å². The lowest BCUT2D eigenvalue weighted by molar-refractivity contribution is -0.143. The van der Waals surface area contributed by atoms with Gasteiger partial charge in [-0.2, -0.15) is 0 Å². The van der Waals surface area contributed by atoms with E-state index in [-0.39, 0.29) is 18.5 Å². The number of esters is 1. The van der Waals surface area contributed by atoms with E-state index in [1.54, 1.807) is 0 Å². The third-order valence-electron chi connectivity index (χ3n) is 15.6. The fourth-order valence-corrected chi connectivity index (χ4v) is 10.5. The van der Waals surface area contributed by atoms with Crippen LogP contribution in [-0.2, 0) is 14.3 Å². The first kappa shape index (κ1) is 70.6. The molecule has 3 N–H and O–H groups in total. The molecular weight excluding hydrogens is 887 g/mol. The van der Waals surface area contributed by atoms with Gasteiger partial charge >= 0.3 is 5.97 Å². The van der Waals surface area contributed by atoms with Crippen molar-refractivity contribution in [3.8, 4) is 0 Å². The lowest BCUT2D eigenvalue weighted by Gasteiger charge is -2.22. The van der Waals surface area contributed by atoms with Crippen LogP contribution in [0.1, 0.15) is 373 Å². The average Bonchev–Trinajstić information content (AvgIpc) is 3.38. The number of aliphatic hydroxyl groups excluding tert-OH is 2. The van der Waals surface area contributed by atoms with E-state index in [1.165, 1.54) is 302 Å². The van der Waals surface area contributed by atoms with E-state index in [1.807, 2.05) is 0 Å². The Bertz CT molecular complexity index is 1080. The molecule has 0 aliphatic carbocycles. The molecule has 0 radical (unpaired) electrons. The maximum absolute atomic E-state index is 12.5. The van der Waals surface area contributed by atoms with E-state index < -0.39 is 12.1 Å². The molecule has 0 aromatic heterocycles. The van der Waals surface area contributed by atoms with Crippen molar-refractivity contribution < 1.29 is 24.5 Å². The molecule has 0 spiro atoms. The van der Waals surface area contributed by atoms with Gasteiger partial charge < -0.3 is 20.3 Å². The molecule has 2 atom stereocenters. The average molecular weight is 1020 g/mol. The van der Waals surface area contributed by atoms with Gasteiger partial charge in [-0.15, -0.1) is 0 Å². The van der Waals surface area contributed by atoms with Crippen LogP contribution in [-0.4, -0.2) is 47.4 Å². The Hall–Kier alpha value is -1.40. The number of rotatable bonds is 62. The summed E-state index contributed by atoms with van der Waals surface area (Å²) < 4.78 is 5.49. The van der Waals surface area contributed by atoms with Crippen LogP contribution >= 0.6 is 0 Å². The van der Waals surface area contributed by atoms with Gasteiger partial charge in [0, 0.05) is 12.8 Å². The minimum atomic E-state index is -0.669. The number of allylic oxidation sites excluding steroid dienone is 2. The Balaban J connectivity index is 3.41. The van der Waals surface area contributed by atoms with Gasteiger partial charge in [0.25, 0.3) is 0 Å². The summed E-state index contributed by atoms with van der Waals surface area (Å²) in [5.74, 6) is -0.0248. The van der Waals surface area contributed by atoms with Gasteiger partial charge in [-0.1, -0.05) is 321 Å². The third-order valence-corrected chi connectivity index (χ3v) is 15.6. The predicted octanol–water partition coefficient (Wildman–Crippen LogP) is 20.8. The van der Waals surface area contributed by atoms with E-state index in [0.717, 1.165) is 38.5 Å². The quantitative estimate of drug-likeness (QED) is 0.0320. The Morgan fingerprint density at radius 3 is 0.986 bits per heavy atom. The van der Waals surface area contributed by atoms with Crippen molar-refractivity contribution >= 4 is 11.9 Å². The van der Waals surface area contributed by atoms with Crippen LogP contribution in [0.2, 0.25) is 0 Å². The van der Waals surface area contributed by atoms with Crippen molar-refractivity contribution in [1.82, 2.24) is 5.32 Å². The number of ether oxygens (including phenoxy) is 1. The van der Waals surface area contributed by atoms with Crippen LogP contribution in [0.5, 0.6) is 0 Å². The van der Waals surface area contributed by atoms with Crippen LogP contribution in [0.15, 0.2) is 12.2 Å². The van der Waals surface area contributed by atoms with Crippen LogP contribution in [0.3, 0.4) is 0 Å². The number of amides is 1. The number of aliphatic hydroxyl groups is 2. The van der Waals surface area contributed by atoms with Crippen molar-refractivity contribution in [2.45, 2.75) is 386 Å². The normalized spacial score (nSPS) is 12.6. The smallest absolute Gasteiger partial charge is 0.305 e. The first-order valence-electron chi connectivity index (χ1n) is 32.9. The molecule has 0 saturated carbocycles. The SMILES string of the molecule is CCCCCCCCCCCCCCCCCCCCCC(O)C(CO)NC(=O)CCCCCCCCC/C=C\CCCCCCCCCCCCCOC(=O)CCCCCCCCCCCCCCCC. The number of carbonyl (C=O) groups excluding carboxylic acids is 2. The lowest BCUT2D eigenvalue weighted by Crippen LogP contribution is -2.45. The van der Waals surface area contributed by atoms with E-state index in [4.69, 9.17) is 4.74 Å². The van der Waals surface area contributed by atoms with Gasteiger partial charge in [0.05, 0.1) is 25.4 Å². The van der Waals surface area contributed by atoms with Crippen molar-refractivity contribution in [2.75, 3.05) is 13.2 Å². The third kappa shape index (κ3) is 57.9. The minimum Gasteiger partial charge on any atom is -0.466 e. The molecule has 0 bridgehead atoms. The fraction of sp³-hybridized carbons (Fsp3) is 0.939. The molecule has 428 valence electrons. The van der Waals surface area contributed by atoms with Gasteiger partial charge in [-0.25, -0.2) is 0 Å². The second kappa shape index (κ2) is 62.1. The second-order valence-electron chi connectivity index (χ2n) is 22.8. The summed E-state index contributed by atoms with van der Waals surface area (Å²) in [7, 11) is 0. The zero-order valence-electron chi connectivity index (χ0n) is 48.9. The summed E-state index contributed by atoms with van der Waals surface area (Å²) in [6.07, 6.45) is 75.2. The molecule has 0 saturated heterocycles. The van der Waals surface area contributed by atoms with E-state index in [0.29, 0.717) is 25.9 Å². The summed E-state index contributed by atoms with van der Waals surface area (Å²) in [5.41, 5.74) is 0. The molecule has 0 rings (SSSR count). The molecular formula is C66H129NO5. The van der Waals surface area contributed by atoms with Crippen molar-refractivity contribution in [1.29, 1.82) is 0 Å². The van der Waals surface area contributed by atoms with E-state index >= 15 is 0 Å². The summed E-state index contributed by atoms with van der Waals surface area (Å²) in [5, 5.41) is 23.4. The summed E-state index contributed by atoms with van der Waals surface area (Å²) >= 11 is 0. The Labute approximate surface area is 450 Å². The maximum atomic E-state index is 12.5. The van der Waals surface area contributed by atoms with Crippen molar-refractivity contribution in [3.63, 3.8) is 0 Å². The van der Waals surface area contributed by atoms with Gasteiger partial charge in [0.1, 0.15) is 0 Å². The predicted molar refractivity (Wildman–Crippen MR) is 315 cm³/mol. The standard InChI is InChI=1S/C66H129NO5/c1-3-5-7-9-11-13-15-17-19-20-25-28-31-34-38-42-46-50-54-58-64(69)63(62-68)67-65(70)59-55-51-47-43-39-35-32-29-26-23-21-22-24-27-30-33-37-41-45-49-53-57-61-72-66(71)60-56-52-48-44-40-36-18-16-14-12-10-8-6-4-2/h23,26,63-64,68-69H,3-22,24-25,27-62H2,1-2H3,(H,67,70)/b26-23-. The molecule has 0 fully saturated rings. The Morgan fingerprint density at radius 2 is 0.653 bits per heavy atom. The molecule has 0 aromatic rings. The number of hydrogen-bond acceptors (Lipinski definition) is 5. The van der Waals surface area contributed by atoms with Crippen LogP contribution in [0.25, 0.3) is 0 Å². The lowest BCUT2D eigenvalue weighted by atomic mass is 10.0. The number of carbonyl (C=O) groups is 2. The van der Waals surface area contributed by atoms with E-state index in [9.17, 15) is 19.8 Å². The van der Waals surface area contributed by atoms with Gasteiger partial charge in [-0.3, -0.25) is 9.59 Å². The molecule has 0 aromatic carbocycles.